The molecule has 1 amide bonds. The Morgan fingerprint density at radius 3 is 2.56 bits per heavy atom. The fraction of sp³-hybridized carbons (Fsp3) is 0.462. The van der Waals surface area contributed by atoms with Crippen LogP contribution in [0.1, 0.15) is 37.0 Å². The van der Waals surface area contributed by atoms with Crippen molar-refractivity contribution in [3.8, 4) is 0 Å². The highest BCUT2D eigenvalue weighted by molar-refractivity contribution is 6.30. The minimum atomic E-state index is -0.629. The average molecular weight is 273 g/mol. The summed E-state index contributed by atoms with van der Waals surface area (Å²) in [5.41, 5.74) is 5.59. The second kappa shape index (κ2) is 6.16. The molecule has 0 aliphatic heterocycles. The van der Waals surface area contributed by atoms with Gasteiger partial charge >= 0.3 is 0 Å². The highest BCUT2D eigenvalue weighted by atomic mass is 35.5. The first-order valence-corrected chi connectivity index (χ1v) is 6.32. The van der Waals surface area contributed by atoms with Crippen molar-refractivity contribution in [1.82, 2.24) is 5.32 Å². The predicted octanol–water partition coefficient (Wildman–Crippen LogP) is 2.73. The Bertz CT molecular complexity index is 433. The summed E-state index contributed by atoms with van der Waals surface area (Å²) in [6.45, 7) is 4.23. The van der Waals surface area contributed by atoms with Crippen LogP contribution in [0.15, 0.2) is 18.2 Å². The molecule has 0 aliphatic rings. The number of rotatable bonds is 5. The van der Waals surface area contributed by atoms with Gasteiger partial charge in [-0.05, 0) is 31.0 Å². The fourth-order valence-corrected chi connectivity index (χ4v) is 1.68. The molecule has 0 saturated heterocycles. The van der Waals surface area contributed by atoms with Crippen LogP contribution in [0.3, 0.4) is 0 Å². The SMILES string of the molecule is CCC(N)(CC)CNC(=O)c1ccc(Cl)cc1F. The lowest BCUT2D eigenvalue weighted by Gasteiger charge is -2.26. The van der Waals surface area contributed by atoms with Crippen LogP contribution in [0.4, 0.5) is 4.39 Å². The van der Waals surface area contributed by atoms with Crippen LogP contribution in [-0.2, 0) is 0 Å². The lowest BCUT2D eigenvalue weighted by atomic mass is 9.94. The van der Waals surface area contributed by atoms with E-state index >= 15 is 0 Å². The van der Waals surface area contributed by atoms with E-state index < -0.39 is 17.3 Å². The molecule has 0 heterocycles. The number of benzene rings is 1. The van der Waals surface area contributed by atoms with E-state index in [1.807, 2.05) is 13.8 Å². The summed E-state index contributed by atoms with van der Waals surface area (Å²) < 4.78 is 13.5. The summed E-state index contributed by atoms with van der Waals surface area (Å²) in [5, 5.41) is 2.92. The molecular formula is C13H18ClFN2O. The Morgan fingerprint density at radius 2 is 2.06 bits per heavy atom. The van der Waals surface area contributed by atoms with Gasteiger partial charge in [-0.25, -0.2) is 4.39 Å². The van der Waals surface area contributed by atoms with Crippen LogP contribution in [0.2, 0.25) is 5.02 Å². The van der Waals surface area contributed by atoms with Crippen LogP contribution in [0, 0.1) is 5.82 Å². The third kappa shape index (κ3) is 3.68. The summed E-state index contributed by atoms with van der Waals surface area (Å²) in [6.07, 6.45) is 1.49. The van der Waals surface area contributed by atoms with Gasteiger partial charge in [0.05, 0.1) is 5.56 Å². The minimum Gasteiger partial charge on any atom is -0.350 e. The molecule has 18 heavy (non-hydrogen) atoms. The Balaban J connectivity index is 2.71. The molecule has 0 radical (unpaired) electrons. The average Bonchev–Trinajstić information content (AvgIpc) is 2.35. The zero-order valence-electron chi connectivity index (χ0n) is 10.6. The third-order valence-corrected chi connectivity index (χ3v) is 3.42. The number of amides is 1. The minimum absolute atomic E-state index is 0.0195. The molecule has 1 aromatic carbocycles. The van der Waals surface area contributed by atoms with Crippen molar-refractivity contribution in [2.45, 2.75) is 32.2 Å². The molecule has 3 N–H and O–H groups in total. The van der Waals surface area contributed by atoms with Gasteiger partial charge in [0, 0.05) is 17.1 Å². The lowest BCUT2D eigenvalue weighted by Crippen LogP contribution is -2.49. The molecular weight excluding hydrogens is 255 g/mol. The quantitative estimate of drug-likeness (QED) is 0.866. The van der Waals surface area contributed by atoms with E-state index in [1.54, 1.807) is 0 Å². The smallest absolute Gasteiger partial charge is 0.254 e. The Hall–Kier alpha value is -1.13. The standard InChI is InChI=1S/C13H18ClFN2O/c1-3-13(16,4-2)8-17-12(18)10-6-5-9(14)7-11(10)15/h5-7H,3-4,8,16H2,1-2H3,(H,17,18). The Kier molecular flexibility index (Phi) is 5.11. The van der Waals surface area contributed by atoms with Crippen LogP contribution >= 0.6 is 11.6 Å². The summed E-state index contributed by atoms with van der Waals surface area (Å²) in [7, 11) is 0. The number of carbonyl (C=O) groups is 1. The van der Waals surface area contributed by atoms with Gasteiger partial charge in [0.15, 0.2) is 0 Å². The van der Waals surface area contributed by atoms with Crippen LogP contribution in [0.5, 0.6) is 0 Å². The van der Waals surface area contributed by atoms with E-state index in [0.29, 0.717) is 6.54 Å². The van der Waals surface area contributed by atoms with E-state index in [1.165, 1.54) is 12.1 Å². The molecule has 1 rings (SSSR count). The lowest BCUT2D eigenvalue weighted by molar-refractivity contribution is 0.0938. The van der Waals surface area contributed by atoms with Crippen LogP contribution in [0.25, 0.3) is 0 Å². The van der Waals surface area contributed by atoms with Gasteiger partial charge in [0.1, 0.15) is 5.82 Å². The molecule has 5 heteroatoms. The molecule has 3 nitrogen and oxygen atoms in total. The number of carbonyl (C=O) groups excluding carboxylic acids is 1. The number of halogens is 2. The fourth-order valence-electron chi connectivity index (χ4n) is 1.53. The van der Waals surface area contributed by atoms with Gasteiger partial charge in [-0.15, -0.1) is 0 Å². The van der Waals surface area contributed by atoms with Crippen molar-refractivity contribution in [2.24, 2.45) is 5.73 Å². The molecule has 0 aliphatic carbocycles. The molecule has 0 aromatic heterocycles. The van der Waals surface area contributed by atoms with Crippen LogP contribution < -0.4 is 11.1 Å². The Morgan fingerprint density at radius 1 is 1.44 bits per heavy atom. The number of hydrogen-bond donors (Lipinski definition) is 2. The molecule has 1 aromatic rings. The van der Waals surface area contributed by atoms with Crippen molar-refractivity contribution < 1.29 is 9.18 Å². The van der Waals surface area contributed by atoms with Crippen molar-refractivity contribution in [2.75, 3.05) is 6.54 Å². The topological polar surface area (TPSA) is 55.1 Å². The summed E-state index contributed by atoms with van der Waals surface area (Å²) in [5.74, 6) is -1.10. The van der Waals surface area contributed by atoms with Crippen molar-refractivity contribution in [3.63, 3.8) is 0 Å². The van der Waals surface area contributed by atoms with E-state index in [9.17, 15) is 9.18 Å². The summed E-state index contributed by atoms with van der Waals surface area (Å²) >= 11 is 5.62. The summed E-state index contributed by atoms with van der Waals surface area (Å²) in [4.78, 5) is 11.8. The maximum atomic E-state index is 13.5. The van der Waals surface area contributed by atoms with Crippen molar-refractivity contribution in [3.05, 3.63) is 34.6 Å². The maximum absolute atomic E-state index is 13.5. The molecule has 0 saturated carbocycles. The van der Waals surface area contributed by atoms with Gasteiger partial charge in [0.2, 0.25) is 0 Å². The molecule has 0 unspecified atom stereocenters. The highest BCUT2D eigenvalue weighted by Crippen LogP contribution is 2.15. The van der Waals surface area contributed by atoms with Crippen molar-refractivity contribution >= 4 is 17.5 Å². The third-order valence-electron chi connectivity index (χ3n) is 3.19. The normalized spacial score (nSPS) is 11.4. The zero-order valence-corrected chi connectivity index (χ0v) is 11.4. The monoisotopic (exact) mass is 272 g/mol. The molecule has 0 spiro atoms. The zero-order chi connectivity index (χ0) is 13.8. The first kappa shape index (κ1) is 14.9. The number of hydrogen-bond acceptors (Lipinski definition) is 2. The van der Waals surface area contributed by atoms with Gasteiger partial charge < -0.3 is 11.1 Å². The molecule has 0 bridgehead atoms. The first-order valence-electron chi connectivity index (χ1n) is 5.94. The second-order valence-corrected chi connectivity index (χ2v) is 4.81. The molecule has 0 fully saturated rings. The largest absolute Gasteiger partial charge is 0.350 e. The molecule has 0 atom stereocenters. The summed E-state index contributed by atoms with van der Waals surface area (Å²) in [6, 6.07) is 3.96. The van der Waals surface area contributed by atoms with Gasteiger partial charge in [-0.1, -0.05) is 25.4 Å². The number of nitrogens with two attached hydrogens (primary N) is 1. The maximum Gasteiger partial charge on any atom is 0.254 e. The first-order chi connectivity index (χ1) is 8.41. The van der Waals surface area contributed by atoms with E-state index in [4.69, 9.17) is 17.3 Å². The Labute approximate surface area is 112 Å². The molecule has 100 valence electrons. The van der Waals surface area contributed by atoms with Crippen LogP contribution in [-0.4, -0.2) is 18.0 Å². The van der Waals surface area contributed by atoms with E-state index in [0.717, 1.165) is 18.9 Å². The van der Waals surface area contributed by atoms with E-state index in [-0.39, 0.29) is 10.6 Å². The van der Waals surface area contributed by atoms with Gasteiger partial charge in [0.25, 0.3) is 5.91 Å². The highest BCUT2D eigenvalue weighted by Gasteiger charge is 2.22. The number of nitrogens with one attached hydrogen (secondary N) is 1. The predicted molar refractivity (Wildman–Crippen MR) is 71.2 cm³/mol. The van der Waals surface area contributed by atoms with E-state index in [2.05, 4.69) is 5.32 Å². The van der Waals surface area contributed by atoms with Gasteiger partial charge in [-0.3, -0.25) is 4.79 Å². The van der Waals surface area contributed by atoms with Crippen molar-refractivity contribution in [1.29, 1.82) is 0 Å². The second-order valence-electron chi connectivity index (χ2n) is 4.38. The van der Waals surface area contributed by atoms with Gasteiger partial charge in [-0.2, -0.15) is 0 Å².